The van der Waals surface area contributed by atoms with E-state index in [9.17, 15) is 19.3 Å². The number of benzene rings is 3. The predicted molar refractivity (Wildman–Crippen MR) is 134 cm³/mol. The third kappa shape index (κ3) is 3.81. The number of rotatable bonds is 6. The number of hydrogen-bond acceptors (Lipinski definition) is 6. The fourth-order valence-corrected chi connectivity index (χ4v) is 5.94. The van der Waals surface area contributed by atoms with Crippen LogP contribution in [0.2, 0.25) is 0 Å². The molecule has 4 atom stereocenters. The average molecular weight is 556 g/mol. The van der Waals surface area contributed by atoms with E-state index in [1.54, 1.807) is 48.5 Å². The van der Waals surface area contributed by atoms with E-state index in [2.05, 4.69) is 26.6 Å². The highest BCUT2D eigenvalue weighted by Gasteiger charge is 2.67. The Labute approximate surface area is 215 Å². The number of nitro groups is 1. The van der Waals surface area contributed by atoms with E-state index < -0.39 is 29.4 Å². The Bertz CT molecular complexity index is 1350. The maximum Gasteiger partial charge on any atom is 0.256 e. The number of para-hydroxylation sites is 1. The summed E-state index contributed by atoms with van der Waals surface area (Å²) >= 11 is 3.53. The van der Waals surface area contributed by atoms with Crippen molar-refractivity contribution in [2.75, 3.05) is 12.4 Å². The fraction of sp³-hybridized carbons (Fsp3) is 0.269. The van der Waals surface area contributed by atoms with Crippen molar-refractivity contribution in [3.05, 3.63) is 97.8 Å². The van der Waals surface area contributed by atoms with E-state index >= 15 is 0 Å². The molecule has 0 saturated carbocycles. The molecule has 0 aromatic heterocycles. The van der Waals surface area contributed by atoms with Crippen LogP contribution in [-0.2, 0) is 16.9 Å². The third-order valence-corrected chi connectivity index (χ3v) is 7.49. The lowest BCUT2D eigenvalue weighted by Gasteiger charge is -2.25. The van der Waals surface area contributed by atoms with Crippen LogP contribution in [0.15, 0.2) is 65.1 Å². The molecule has 8 nitrogen and oxygen atoms in total. The highest BCUT2D eigenvalue weighted by atomic mass is 79.9. The number of fused-ring (bicyclic) bond motifs is 2. The number of nitrogens with one attached hydrogen (secondary N) is 2. The Morgan fingerprint density at radius 2 is 1.89 bits per heavy atom. The van der Waals surface area contributed by atoms with Crippen LogP contribution in [0.25, 0.3) is 0 Å². The Hall–Kier alpha value is -3.50. The van der Waals surface area contributed by atoms with Crippen molar-refractivity contribution >= 4 is 27.5 Å². The summed E-state index contributed by atoms with van der Waals surface area (Å²) in [5.74, 6) is -0.621. The van der Waals surface area contributed by atoms with Gasteiger partial charge < -0.3 is 14.8 Å². The van der Waals surface area contributed by atoms with Gasteiger partial charge in [0, 0.05) is 22.2 Å². The second kappa shape index (κ2) is 9.18. The molecule has 0 radical (unpaired) electrons. The van der Waals surface area contributed by atoms with Crippen molar-refractivity contribution < 1.29 is 23.6 Å². The predicted octanol–water partition coefficient (Wildman–Crippen LogP) is 4.74. The summed E-state index contributed by atoms with van der Waals surface area (Å²) in [6, 6.07) is 14.8. The van der Waals surface area contributed by atoms with Gasteiger partial charge in [0.2, 0.25) is 0 Å². The van der Waals surface area contributed by atoms with Gasteiger partial charge in [-0.1, -0.05) is 30.3 Å². The first kappa shape index (κ1) is 24.2. The fourth-order valence-electron chi connectivity index (χ4n) is 5.36. The number of amides is 1. The summed E-state index contributed by atoms with van der Waals surface area (Å²) in [7, 11) is 1.49. The van der Waals surface area contributed by atoms with E-state index in [1.165, 1.54) is 19.2 Å². The van der Waals surface area contributed by atoms with Crippen molar-refractivity contribution in [1.29, 1.82) is 0 Å². The molecule has 2 heterocycles. The minimum atomic E-state index is -1.50. The molecule has 1 saturated heterocycles. The van der Waals surface area contributed by atoms with E-state index in [4.69, 9.17) is 9.47 Å². The summed E-state index contributed by atoms with van der Waals surface area (Å²) in [5, 5.41) is 18.6. The molecule has 2 aliphatic rings. The maximum atomic E-state index is 13.2. The zero-order valence-corrected chi connectivity index (χ0v) is 21.0. The number of halogens is 2. The number of methoxy groups -OCH3 is 1. The van der Waals surface area contributed by atoms with Gasteiger partial charge in [-0.05, 0) is 64.3 Å². The standard InChI is InChI=1S/C26H23BrFN3O5/c1-14-22(24(31(33)34)26(30-14)18-5-3-4-6-20(18)29-25(26)32)16-11-19(27)23(21(12-16)35-2)36-13-15-7-9-17(28)10-8-15/h3-12,14,22,24,30H,13H2,1-2H3,(H,29,32)/t14-,22-,24-,26+/m0/s1. The Morgan fingerprint density at radius 1 is 1.17 bits per heavy atom. The van der Waals surface area contributed by atoms with Crippen LogP contribution in [0.4, 0.5) is 10.1 Å². The monoisotopic (exact) mass is 555 g/mol. The molecule has 1 spiro atoms. The van der Waals surface area contributed by atoms with Gasteiger partial charge in [-0.3, -0.25) is 20.2 Å². The van der Waals surface area contributed by atoms with Crippen molar-refractivity contribution in [3.8, 4) is 11.5 Å². The van der Waals surface area contributed by atoms with Gasteiger partial charge >= 0.3 is 0 Å². The molecular formula is C26H23BrFN3O5. The zero-order chi connectivity index (χ0) is 25.6. The smallest absolute Gasteiger partial charge is 0.256 e. The van der Waals surface area contributed by atoms with Gasteiger partial charge in [0.1, 0.15) is 12.4 Å². The molecule has 3 aromatic rings. The largest absolute Gasteiger partial charge is 0.493 e. The molecular weight excluding hydrogens is 533 g/mol. The maximum absolute atomic E-state index is 13.2. The number of nitrogens with zero attached hydrogens (tertiary/aromatic N) is 1. The first-order chi connectivity index (χ1) is 17.3. The van der Waals surface area contributed by atoms with Crippen LogP contribution in [0, 0.1) is 15.9 Å². The lowest BCUT2D eigenvalue weighted by Crippen LogP contribution is -2.54. The van der Waals surface area contributed by atoms with E-state index in [1.807, 2.05) is 6.92 Å². The van der Waals surface area contributed by atoms with Crippen molar-refractivity contribution in [2.24, 2.45) is 0 Å². The summed E-state index contributed by atoms with van der Waals surface area (Å²) in [4.78, 5) is 25.4. The lowest BCUT2D eigenvalue weighted by atomic mass is 9.78. The molecule has 3 aromatic carbocycles. The minimum Gasteiger partial charge on any atom is -0.493 e. The number of anilines is 1. The highest BCUT2D eigenvalue weighted by molar-refractivity contribution is 9.10. The number of ether oxygens (including phenoxy) is 2. The van der Waals surface area contributed by atoms with Crippen LogP contribution in [-0.4, -0.2) is 30.0 Å². The average Bonchev–Trinajstić information content (AvgIpc) is 3.32. The topological polar surface area (TPSA) is 103 Å². The molecule has 1 amide bonds. The second-order valence-electron chi connectivity index (χ2n) is 8.95. The Kier molecular flexibility index (Phi) is 6.17. The summed E-state index contributed by atoms with van der Waals surface area (Å²) in [6.45, 7) is 2.01. The highest BCUT2D eigenvalue weighted by Crippen LogP contribution is 2.51. The molecule has 1 fully saturated rings. The zero-order valence-electron chi connectivity index (χ0n) is 19.5. The second-order valence-corrected chi connectivity index (χ2v) is 9.80. The van der Waals surface area contributed by atoms with Crippen LogP contribution >= 0.6 is 15.9 Å². The number of hydrogen-bond donors (Lipinski definition) is 2. The van der Waals surface area contributed by atoms with Gasteiger partial charge in [-0.2, -0.15) is 0 Å². The van der Waals surface area contributed by atoms with E-state index in [0.717, 1.165) is 5.56 Å². The number of carbonyl (C=O) groups is 1. The van der Waals surface area contributed by atoms with Gasteiger partial charge in [0.15, 0.2) is 17.0 Å². The molecule has 5 rings (SSSR count). The van der Waals surface area contributed by atoms with Crippen molar-refractivity contribution in [3.63, 3.8) is 0 Å². The van der Waals surface area contributed by atoms with Gasteiger partial charge in [0.05, 0.1) is 17.5 Å². The lowest BCUT2D eigenvalue weighted by molar-refractivity contribution is -0.532. The Morgan fingerprint density at radius 3 is 2.58 bits per heavy atom. The molecule has 10 heteroatoms. The van der Waals surface area contributed by atoms with Crippen LogP contribution < -0.4 is 20.1 Å². The van der Waals surface area contributed by atoms with E-state index in [0.29, 0.717) is 32.8 Å². The normalized spacial score (nSPS) is 24.4. The molecule has 186 valence electrons. The molecule has 2 N–H and O–H groups in total. The van der Waals surface area contributed by atoms with Gasteiger partial charge in [-0.15, -0.1) is 0 Å². The van der Waals surface area contributed by atoms with Gasteiger partial charge in [0.25, 0.3) is 11.9 Å². The molecule has 0 unspecified atom stereocenters. The summed E-state index contributed by atoms with van der Waals surface area (Å²) in [6.07, 6.45) is 0. The molecule has 2 aliphatic heterocycles. The summed E-state index contributed by atoms with van der Waals surface area (Å²) < 4.78 is 25.3. The quantitative estimate of drug-likeness (QED) is 0.336. The first-order valence-corrected chi connectivity index (χ1v) is 12.1. The van der Waals surface area contributed by atoms with Crippen molar-refractivity contribution in [2.45, 2.75) is 37.1 Å². The first-order valence-electron chi connectivity index (χ1n) is 11.3. The SMILES string of the molecule is COc1cc([C@@H]2[C@H](C)N[C@@]3(C(=O)Nc4ccccc43)[C@H]2[N+](=O)[O-])cc(Br)c1OCc1ccc(F)cc1. The van der Waals surface area contributed by atoms with Crippen LogP contribution in [0.1, 0.15) is 29.5 Å². The van der Waals surface area contributed by atoms with Crippen LogP contribution in [0.3, 0.4) is 0 Å². The van der Waals surface area contributed by atoms with Crippen molar-refractivity contribution in [1.82, 2.24) is 5.32 Å². The van der Waals surface area contributed by atoms with Gasteiger partial charge in [-0.25, -0.2) is 4.39 Å². The van der Waals surface area contributed by atoms with E-state index in [-0.39, 0.29) is 17.3 Å². The number of carbonyl (C=O) groups excluding carboxylic acids is 1. The minimum absolute atomic E-state index is 0.174. The Balaban J connectivity index is 1.53. The molecule has 0 aliphatic carbocycles. The third-order valence-electron chi connectivity index (χ3n) is 6.90. The molecule has 36 heavy (non-hydrogen) atoms. The van der Waals surface area contributed by atoms with Crippen LogP contribution in [0.5, 0.6) is 11.5 Å². The summed E-state index contributed by atoms with van der Waals surface area (Å²) in [5.41, 5.74) is 1.03. The molecule has 0 bridgehead atoms.